The fraction of sp³-hybridized carbons (Fsp3) is 0.357. The molecule has 1 unspecified atom stereocenters. The molecule has 0 aliphatic carbocycles. The Bertz CT molecular complexity index is 534. The van der Waals surface area contributed by atoms with Crippen molar-refractivity contribution in [2.75, 3.05) is 7.05 Å². The summed E-state index contributed by atoms with van der Waals surface area (Å²) in [7, 11) is 3.95. The van der Waals surface area contributed by atoms with Gasteiger partial charge < -0.3 is 9.88 Å². The fourth-order valence-corrected chi connectivity index (χ4v) is 2.42. The molecule has 1 heterocycles. The third-order valence-electron chi connectivity index (χ3n) is 3.19. The first-order valence-corrected chi connectivity index (χ1v) is 6.39. The van der Waals surface area contributed by atoms with Crippen LogP contribution in [-0.2, 0) is 13.5 Å². The Morgan fingerprint density at radius 3 is 2.78 bits per heavy atom. The number of imidazole rings is 1. The van der Waals surface area contributed by atoms with Gasteiger partial charge in [-0.25, -0.2) is 4.98 Å². The summed E-state index contributed by atoms with van der Waals surface area (Å²) in [4.78, 5) is 4.36. The van der Waals surface area contributed by atoms with Crippen molar-refractivity contribution < 1.29 is 0 Å². The summed E-state index contributed by atoms with van der Waals surface area (Å²) < 4.78 is 2.03. The third-order valence-corrected chi connectivity index (χ3v) is 3.51. The van der Waals surface area contributed by atoms with Gasteiger partial charge in [-0.1, -0.05) is 23.7 Å². The van der Waals surface area contributed by atoms with Crippen LogP contribution in [0.3, 0.4) is 0 Å². The molecule has 2 aromatic rings. The minimum Gasteiger partial charge on any atom is -0.338 e. The van der Waals surface area contributed by atoms with Gasteiger partial charge in [-0.3, -0.25) is 0 Å². The molecule has 1 N–H and O–H groups in total. The van der Waals surface area contributed by atoms with E-state index in [9.17, 15) is 0 Å². The second kappa shape index (κ2) is 5.55. The molecule has 0 spiro atoms. The van der Waals surface area contributed by atoms with Crippen molar-refractivity contribution in [1.29, 1.82) is 0 Å². The average molecular weight is 264 g/mol. The molecule has 0 radical (unpaired) electrons. The maximum atomic E-state index is 6.32. The topological polar surface area (TPSA) is 29.9 Å². The predicted octanol–water partition coefficient (Wildman–Crippen LogP) is 2.89. The SMILES string of the molecule is CNC(Cc1nccn1C)c1ccc(C)cc1Cl. The van der Waals surface area contributed by atoms with Crippen LogP contribution < -0.4 is 5.32 Å². The van der Waals surface area contributed by atoms with Crippen LogP contribution in [0.15, 0.2) is 30.6 Å². The van der Waals surface area contributed by atoms with Gasteiger partial charge in [0.05, 0.1) is 0 Å². The van der Waals surface area contributed by atoms with Crippen LogP contribution in [0.1, 0.15) is 23.0 Å². The van der Waals surface area contributed by atoms with Crippen LogP contribution >= 0.6 is 11.6 Å². The maximum absolute atomic E-state index is 6.32. The zero-order valence-corrected chi connectivity index (χ0v) is 11.7. The molecule has 0 amide bonds. The molecule has 0 aliphatic rings. The molecule has 4 heteroatoms. The van der Waals surface area contributed by atoms with E-state index in [1.54, 1.807) is 0 Å². The second-order valence-electron chi connectivity index (χ2n) is 4.52. The minimum atomic E-state index is 0.180. The van der Waals surface area contributed by atoms with Crippen molar-refractivity contribution in [2.45, 2.75) is 19.4 Å². The van der Waals surface area contributed by atoms with E-state index >= 15 is 0 Å². The average Bonchev–Trinajstić information content (AvgIpc) is 2.73. The zero-order valence-electron chi connectivity index (χ0n) is 10.9. The van der Waals surface area contributed by atoms with Crippen molar-refractivity contribution in [2.24, 2.45) is 7.05 Å². The van der Waals surface area contributed by atoms with Crippen molar-refractivity contribution in [3.8, 4) is 0 Å². The van der Waals surface area contributed by atoms with Gasteiger partial charge in [0.15, 0.2) is 0 Å². The maximum Gasteiger partial charge on any atom is 0.110 e. The van der Waals surface area contributed by atoms with Crippen LogP contribution in [0.25, 0.3) is 0 Å². The van der Waals surface area contributed by atoms with Gasteiger partial charge in [-0.05, 0) is 31.2 Å². The van der Waals surface area contributed by atoms with Gasteiger partial charge in [0.25, 0.3) is 0 Å². The standard InChI is InChI=1S/C14H18ClN3/c1-10-4-5-11(12(15)8-10)13(16-2)9-14-17-6-7-18(14)3/h4-8,13,16H,9H2,1-3H3. The Labute approximate surface area is 113 Å². The van der Waals surface area contributed by atoms with Crippen LogP contribution in [-0.4, -0.2) is 16.6 Å². The number of likely N-dealkylation sites (N-methyl/N-ethyl adjacent to an activating group) is 1. The summed E-state index contributed by atoms with van der Waals surface area (Å²) in [6.45, 7) is 2.04. The summed E-state index contributed by atoms with van der Waals surface area (Å²) >= 11 is 6.32. The lowest BCUT2D eigenvalue weighted by Gasteiger charge is -2.18. The highest BCUT2D eigenvalue weighted by atomic mass is 35.5. The van der Waals surface area contributed by atoms with E-state index in [1.165, 1.54) is 5.56 Å². The van der Waals surface area contributed by atoms with Gasteiger partial charge in [0, 0.05) is 36.9 Å². The number of rotatable bonds is 4. The summed E-state index contributed by atoms with van der Waals surface area (Å²) in [5.41, 5.74) is 2.29. The monoisotopic (exact) mass is 263 g/mol. The molecule has 1 aromatic carbocycles. The number of halogens is 1. The first-order valence-electron chi connectivity index (χ1n) is 6.01. The molecular formula is C14H18ClN3. The Balaban J connectivity index is 2.26. The lowest BCUT2D eigenvalue weighted by Crippen LogP contribution is -2.20. The normalized spacial score (nSPS) is 12.7. The number of aryl methyl sites for hydroxylation is 2. The Kier molecular flexibility index (Phi) is 4.04. The van der Waals surface area contributed by atoms with Crippen molar-refractivity contribution in [3.63, 3.8) is 0 Å². The van der Waals surface area contributed by atoms with Crippen LogP contribution in [0, 0.1) is 6.92 Å². The summed E-state index contributed by atoms with van der Waals surface area (Å²) in [6.07, 6.45) is 4.60. The van der Waals surface area contributed by atoms with Crippen molar-refractivity contribution in [1.82, 2.24) is 14.9 Å². The van der Waals surface area contributed by atoms with E-state index in [0.29, 0.717) is 0 Å². The molecule has 1 aromatic heterocycles. The predicted molar refractivity (Wildman–Crippen MR) is 74.9 cm³/mol. The number of benzene rings is 1. The number of hydrogen-bond donors (Lipinski definition) is 1. The van der Waals surface area contributed by atoms with Gasteiger partial charge >= 0.3 is 0 Å². The van der Waals surface area contributed by atoms with E-state index in [-0.39, 0.29) is 6.04 Å². The quantitative estimate of drug-likeness (QED) is 0.919. The van der Waals surface area contributed by atoms with Crippen LogP contribution in [0.4, 0.5) is 0 Å². The Morgan fingerprint density at radius 1 is 1.44 bits per heavy atom. The molecule has 0 aliphatic heterocycles. The highest BCUT2D eigenvalue weighted by molar-refractivity contribution is 6.31. The van der Waals surface area contributed by atoms with Crippen molar-refractivity contribution in [3.05, 3.63) is 52.6 Å². The summed E-state index contributed by atoms with van der Waals surface area (Å²) in [5.74, 6) is 1.05. The van der Waals surface area contributed by atoms with E-state index < -0.39 is 0 Å². The molecule has 18 heavy (non-hydrogen) atoms. The molecule has 0 fully saturated rings. The number of aromatic nitrogens is 2. The lowest BCUT2D eigenvalue weighted by atomic mass is 10.0. The first-order chi connectivity index (χ1) is 8.61. The summed E-state index contributed by atoms with van der Waals surface area (Å²) in [5, 5.41) is 4.12. The Morgan fingerprint density at radius 2 is 2.22 bits per heavy atom. The molecule has 0 saturated carbocycles. The molecule has 1 atom stereocenters. The van der Waals surface area contributed by atoms with Gasteiger partial charge in [0.1, 0.15) is 5.82 Å². The molecule has 3 nitrogen and oxygen atoms in total. The number of nitrogens with zero attached hydrogens (tertiary/aromatic N) is 2. The minimum absolute atomic E-state index is 0.180. The largest absolute Gasteiger partial charge is 0.338 e. The van der Waals surface area contributed by atoms with E-state index in [0.717, 1.165) is 22.8 Å². The zero-order chi connectivity index (χ0) is 13.1. The van der Waals surface area contributed by atoms with Crippen LogP contribution in [0.2, 0.25) is 5.02 Å². The molecule has 0 bridgehead atoms. The summed E-state index contributed by atoms with van der Waals surface area (Å²) in [6, 6.07) is 6.35. The van der Waals surface area contributed by atoms with E-state index in [1.807, 2.05) is 44.0 Å². The van der Waals surface area contributed by atoms with Gasteiger partial charge in [0.2, 0.25) is 0 Å². The Hall–Kier alpha value is -1.32. The molecule has 96 valence electrons. The van der Waals surface area contributed by atoms with Gasteiger partial charge in [-0.15, -0.1) is 0 Å². The fourth-order valence-electron chi connectivity index (χ4n) is 2.06. The molecular weight excluding hydrogens is 246 g/mol. The number of nitrogens with one attached hydrogen (secondary N) is 1. The van der Waals surface area contributed by atoms with Crippen molar-refractivity contribution >= 4 is 11.6 Å². The molecule has 2 rings (SSSR count). The highest BCUT2D eigenvalue weighted by Gasteiger charge is 2.15. The third kappa shape index (κ3) is 2.74. The molecule has 0 saturated heterocycles. The second-order valence-corrected chi connectivity index (χ2v) is 4.93. The number of hydrogen-bond acceptors (Lipinski definition) is 2. The van der Waals surface area contributed by atoms with Gasteiger partial charge in [-0.2, -0.15) is 0 Å². The smallest absolute Gasteiger partial charge is 0.110 e. The van der Waals surface area contributed by atoms with E-state index in [2.05, 4.69) is 22.4 Å². The highest BCUT2D eigenvalue weighted by Crippen LogP contribution is 2.26. The van der Waals surface area contributed by atoms with E-state index in [4.69, 9.17) is 11.6 Å². The first kappa shape index (κ1) is 13.1. The van der Waals surface area contributed by atoms with Crippen LogP contribution in [0.5, 0.6) is 0 Å². The lowest BCUT2D eigenvalue weighted by molar-refractivity contribution is 0.564.